The Bertz CT molecular complexity index is 1390. The lowest BCUT2D eigenvalue weighted by molar-refractivity contribution is -0.144. The van der Waals surface area contributed by atoms with Crippen LogP contribution in [0.1, 0.15) is 15.9 Å². The van der Waals surface area contributed by atoms with E-state index in [4.69, 9.17) is 32.7 Å². The second kappa shape index (κ2) is 12.9. The molecule has 3 aromatic rings. The van der Waals surface area contributed by atoms with E-state index < -0.39 is 48.7 Å². The number of carbonyl (C=O) groups is 4. The van der Waals surface area contributed by atoms with Crippen LogP contribution in [0.15, 0.2) is 72.8 Å². The van der Waals surface area contributed by atoms with Gasteiger partial charge in [-0.3, -0.25) is 14.4 Å². The van der Waals surface area contributed by atoms with Gasteiger partial charge in [-0.05, 0) is 42.0 Å². The number of carbonyl (C=O) groups excluding carboxylic acids is 3. The summed E-state index contributed by atoms with van der Waals surface area (Å²) in [5.41, 5.74) is 0.947. The summed E-state index contributed by atoms with van der Waals surface area (Å²) in [5, 5.41) is 14.9. The first kappa shape index (κ1) is 29.0. The third-order valence-electron chi connectivity index (χ3n) is 5.90. The minimum atomic E-state index is -1.62. The fraction of sp³-hybridized carbons (Fsp3) is 0.185. The van der Waals surface area contributed by atoms with E-state index in [2.05, 4.69) is 10.6 Å². The first-order chi connectivity index (χ1) is 19.2. The highest BCUT2D eigenvalue weighted by atomic mass is 35.5. The summed E-state index contributed by atoms with van der Waals surface area (Å²) in [6.07, 6.45) is -3.32. The van der Waals surface area contributed by atoms with E-state index in [0.29, 0.717) is 11.3 Å². The van der Waals surface area contributed by atoms with E-state index in [-0.39, 0.29) is 32.8 Å². The van der Waals surface area contributed by atoms with Gasteiger partial charge in [0.2, 0.25) is 0 Å². The van der Waals surface area contributed by atoms with Gasteiger partial charge in [0.15, 0.2) is 12.2 Å². The third kappa shape index (κ3) is 6.75. The van der Waals surface area contributed by atoms with Crippen LogP contribution in [0.4, 0.5) is 15.9 Å². The van der Waals surface area contributed by atoms with Gasteiger partial charge in [-0.15, -0.1) is 5.12 Å². The van der Waals surface area contributed by atoms with Crippen molar-refractivity contribution < 1.29 is 38.2 Å². The van der Waals surface area contributed by atoms with Crippen LogP contribution in [0.2, 0.25) is 10.0 Å². The summed E-state index contributed by atoms with van der Waals surface area (Å²) in [6.45, 7) is -0.457. The summed E-state index contributed by atoms with van der Waals surface area (Å²) in [4.78, 5) is 49.9. The normalized spacial score (nSPS) is 17.1. The number of amides is 3. The molecule has 1 fully saturated rings. The van der Waals surface area contributed by atoms with Gasteiger partial charge in [-0.25, -0.2) is 4.79 Å². The molecular formula is C27H22Cl2FN3O7. The summed E-state index contributed by atoms with van der Waals surface area (Å²) >= 11 is 12.1. The van der Waals surface area contributed by atoms with E-state index in [0.717, 1.165) is 0 Å². The van der Waals surface area contributed by atoms with Crippen molar-refractivity contribution in [1.29, 1.82) is 0 Å². The highest BCUT2D eigenvalue weighted by molar-refractivity contribution is 6.40. The van der Waals surface area contributed by atoms with Gasteiger partial charge in [0, 0.05) is 12.1 Å². The molecule has 208 valence electrons. The lowest BCUT2D eigenvalue weighted by Crippen LogP contribution is -2.52. The van der Waals surface area contributed by atoms with Crippen LogP contribution >= 0.6 is 23.2 Å². The number of benzene rings is 3. The molecule has 1 aliphatic heterocycles. The zero-order valence-electron chi connectivity index (χ0n) is 20.6. The molecule has 4 rings (SSSR count). The molecule has 1 unspecified atom stereocenters. The predicted octanol–water partition coefficient (Wildman–Crippen LogP) is 4.02. The maximum absolute atomic E-state index is 14.6. The Kier molecular flexibility index (Phi) is 9.33. The lowest BCUT2D eigenvalue weighted by Gasteiger charge is -2.21. The minimum Gasteiger partial charge on any atom is -0.480 e. The molecule has 0 saturated carbocycles. The van der Waals surface area contributed by atoms with E-state index in [9.17, 15) is 28.8 Å². The van der Waals surface area contributed by atoms with Gasteiger partial charge in [-0.1, -0.05) is 64.1 Å². The van der Waals surface area contributed by atoms with Crippen LogP contribution < -0.4 is 15.8 Å². The number of ether oxygens (including phenoxy) is 2. The highest BCUT2D eigenvalue weighted by Crippen LogP contribution is 2.26. The van der Waals surface area contributed by atoms with Gasteiger partial charge >= 0.3 is 5.97 Å². The van der Waals surface area contributed by atoms with Gasteiger partial charge in [-0.2, -0.15) is 0 Å². The van der Waals surface area contributed by atoms with E-state index >= 15 is 0 Å². The first-order valence-electron chi connectivity index (χ1n) is 11.8. The minimum absolute atomic E-state index is 0.0693. The molecule has 13 heteroatoms. The number of nitrogens with one attached hydrogen (secondary N) is 2. The standard InChI is InChI=1S/C27H22Cl2FN3O7/c28-18-7-4-8-19(29)21(18)24(34)31-16-11-9-15(10-12-16)13-20(27(37)38)32-25(35)22-23(40-14-39-22)26(36)33(30)17-5-2-1-3-6-17/h1-12,20,22-23H,13-14H2,(H,31,34)(H,32,35)(H,37,38)/t20?,22-,23-/m1/s1. The number of rotatable bonds is 9. The van der Waals surface area contributed by atoms with Gasteiger partial charge in [0.1, 0.15) is 12.8 Å². The van der Waals surface area contributed by atoms with Gasteiger partial charge in [0.05, 0.1) is 21.3 Å². The number of hydrogen-bond acceptors (Lipinski definition) is 6. The molecule has 0 aliphatic carbocycles. The Morgan fingerprint density at radius 1 is 0.925 bits per heavy atom. The number of halogens is 3. The van der Waals surface area contributed by atoms with Crippen molar-refractivity contribution in [2.24, 2.45) is 0 Å². The zero-order chi connectivity index (χ0) is 28.8. The van der Waals surface area contributed by atoms with Gasteiger partial charge < -0.3 is 25.2 Å². The van der Waals surface area contributed by atoms with Crippen molar-refractivity contribution in [1.82, 2.24) is 5.32 Å². The Balaban J connectivity index is 1.39. The Labute approximate surface area is 237 Å². The fourth-order valence-electron chi connectivity index (χ4n) is 3.89. The molecule has 1 aliphatic rings. The van der Waals surface area contributed by atoms with Crippen molar-refractivity contribution in [2.75, 3.05) is 17.2 Å². The third-order valence-corrected chi connectivity index (χ3v) is 6.53. The largest absolute Gasteiger partial charge is 0.480 e. The molecule has 3 amide bonds. The molecule has 0 bridgehead atoms. The topological polar surface area (TPSA) is 134 Å². The zero-order valence-corrected chi connectivity index (χ0v) is 22.1. The van der Waals surface area contributed by atoms with Crippen LogP contribution in [0.3, 0.4) is 0 Å². The molecule has 3 N–H and O–H groups in total. The van der Waals surface area contributed by atoms with Crippen molar-refractivity contribution >= 4 is 58.3 Å². The number of para-hydroxylation sites is 1. The molecule has 1 heterocycles. The molecule has 0 aromatic heterocycles. The summed E-state index contributed by atoms with van der Waals surface area (Å²) < 4.78 is 24.9. The van der Waals surface area contributed by atoms with E-state index in [1.165, 1.54) is 36.4 Å². The highest BCUT2D eigenvalue weighted by Gasteiger charge is 2.44. The molecular weight excluding hydrogens is 568 g/mol. The summed E-state index contributed by atoms with van der Waals surface area (Å²) in [7, 11) is 0. The monoisotopic (exact) mass is 589 g/mol. The Morgan fingerprint density at radius 2 is 1.55 bits per heavy atom. The second-order valence-electron chi connectivity index (χ2n) is 8.60. The van der Waals surface area contributed by atoms with Crippen LogP contribution in [0.25, 0.3) is 0 Å². The van der Waals surface area contributed by atoms with Crippen LogP contribution in [0, 0.1) is 0 Å². The number of nitrogens with zero attached hydrogens (tertiary/aromatic N) is 1. The maximum Gasteiger partial charge on any atom is 0.326 e. The summed E-state index contributed by atoms with van der Waals surface area (Å²) in [5.74, 6) is -4.00. The van der Waals surface area contributed by atoms with Crippen molar-refractivity contribution in [3.05, 3.63) is 94.0 Å². The maximum atomic E-state index is 14.6. The second-order valence-corrected chi connectivity index (χ2v) is 9.41. The number of hydrogen-bond donors (Lipinski definition) is 3. The average Bonchev–Trinajstić information content (AvgIpc) is 3.43. The Hall–Kier alpha value is -4.03. The van der Waals surface area contributed by atoms with Gasteiger partial charge in [0.25, 0.3) is 17.7 Å². The smallest absolute Gasteiger partial charge is 0.326 e. The molecule has 10 nitrogen and oxygen atoms in total. The number of carboxylic acid groups (broad SMARTS) is 1. The molecule has 1 saturated heterocycles. The first-order valence-corrected chi connectivity index (χ1v) is 12.6. The van der Waals surface area contributed by atoms with E-state index in [1.807, 2.05) is 0 Å². The lowest BCUT2D eigenvalue weighted by atomic mass is 10.0. The molecule has 3 atom stereocenters. The molecule has 0 spiro atoms. The fourth-order valence-corrected chi connectivity index (χ4v) is 4.46. The number of carboxylic acids is 1. The summed E-state index contributed by atoms with van der Waals surface area (Å²) in [6, 6.07) is 16.9. The van der Waals surface area contributed by atoms with E-state index in [1.54, 1.807) is 36.4 Å². The number of anilines is 2. The SMILES string of the molecule is O=C(Nc1ccc(CC(NC(=O)[C@@H]2OCO[C@H]2C(=O)N(F)c2ccccc2)C(=O)O)cc1)c1c(Cl)cccc1Cl. The quantitative estimate of drug-likeness (QED) is 0.321. The van der Waals surface area contributed by atoms with Crippen molar-refractivity contribution in [3.8, 4) is 0 Å². The van der Waals surface area contributed by atoms with Crippen LogP contribution in [-0.4, -0.2) is 53.8 Å². The van der Waals surface area contributed by atoms with Crippen molar-refractivity contribution in [2.45, 2.75) is 24.7 Å². The molecule has 3 aromatic carbocycles. The average molecular weight is 590 g/mol. The number of aliphatic carboxylic acids is 1. The molecule has 40 heavy (non-hydrogen) atoms. The Morgan fingerprint density at radius 3 is 2.17 bits per heavy atom. The molecule has 0 radical (unpaired) electrons. The predicted molar refractivity (Wildman–Crippen MR) is 144 cm³/mol. The van der Waals surface area contributed by atoms with Crippen LogP contribution in [0.5, 0.6) is 0 Å². The van der Waals surface area contributed by atoms with Crippen LogP contribution in [-0.2, 0) is 30.3 Å². The van der Waals surface area contributed by atoms with Crippen molar-refractivity contribution in [3.63, 3.8) is 0 Å².